The number of amides is 1. The number of benzene rings is 1. The molecule has 2 N–H and O–H groups in total. The number of carbonyl (C=O) groups is 2. The first-order chi connectivity index (χ1) is 10.5. The number of rotatable bonds is 5. The van der Waals surface area contributed by atoms with Gasteiger partial charge < -0.3 is 19.9 Å². The SMILES string of the molecule is COc1ccc([C@H](NC(=O)[C@@H]2CCCOC2)C(=O)O)cc1Cl. The number of hydrogen-bond acceptors (Lipinski definition) is 4. The van der Waals surface area contributed by atoms with E-state index in [9.17, 15) is 14.7 Å². The molecule has 7 heteroatoms. The molecule has 0 radical (unpaired) electrons. The molecule has 1 aromatic rings. The van der Waals surface area contributed by atoms with Crippen molar-refractivity contribution in [3.63, 3.8) is 0 Å². The molecule has 1 aliphatic heterocycles. The van der Waals surface area contributed by atoms with Crippen LogP contribution in [-0.4, -0.2) is 37.3 Å². The van der Waals surface area contributed by atoms with Gasteiger partial charge in [0.15, 0.2) is 6.04 Å². The molecule has 1 aliphatic rings. The molecule has 22 heavy (non-hydrogen) atoms. The predicted molar refractivity (Wildman–Crippen MR) is 80.1 cm³/mol. The van der Waals surface area contributed by atoms with Gasteiger partial charge in [-0.05, 0) is 30.5 Å². The quantitative estimate of drug-likeness (QED) is 0.864. The molecule has 0 aliphatic carbocycles. The minimum absolute atomic E-state index is 0.293. The van der Waals surface area contributed by atoms with E-state index in [0.29, 0.717) is 36.0 Å². The molecular formula is C15H18ClNO5. The number of ether oxygens (including phenoxy) is 2. The monoisotopic (exact) mass is 327 g/mol. The lowest BCUT2D eigenvalue weighted by Crippen LogP contribution is -2.40. The maximum absolute atomic E-state index is 12.2. The van der Waals surface area contributed by atoms with Gasteiger partial charge in [-0.1, -0.05) is 17.7 Å². The van der Waals surface area contributed by atoms with Gasteiger partial charge in [-0.25, -0.2) is 4.79 Å². The van der Waals surface area contributed by atoms with Gasteiger partial charge in [-0.2, -0.15) is 0 Å². The fraction of sp³-hybridized carbons (Fsp3) is 0.467. The van der Waals surface area contributed by atoms with Crippen molar-refractivity contribution in [2.24, 2.45) is 5.92 Å². The van der Waals surface area contributed by atoms with Crippen molar-refractivity contribution in [1.29, 1.82) is 0 Å². The lowest BCUT2D eigenvalue weighted by molar-refractivity contribution is -0.143. The summed E-state index contributed by atoms with van der Waals surface area (Å²) in [6, 6.07) is 3.47. The summed E-state index contributed by atoms with van der Waals surface area (Å²) in [6.07, 6.45) is 1.49. The van der Waals surface area contributed by atoms with E-state index in [4.69, 9.17) is 21.1 Å². The van der Waals surface area contributed by atoms with Crippen LogP contribution in [0.1, 0.15) is 24.4 Å². The third-order valence-electron chi connectivity index (χ3n) is 3.57. The van der Waals surface area contributed by atoms with E-state index >= 15 is 0 Å². The second kappa shape index (κ2) is 7.47. The van der Waals surface area contributed by atoms with Gasteiger partial charge in [-0.15, -0.1) is 0 Å². The van der Waals surface area contributed by atoms with E-state index in [1.165, 1.54) is 13.2 Å². The Hall–Kier alpha value is -1.79. The maximum Gasteiger partial charge on any atom is 0.330 e. The Balaban J connectivity index is 2.14. The van der Waals surface area contributed by atoms with Crippen molar-refractivity contribution in [3.05, 3.63) is 28.8 Å². The number of carboxylic acid groups (broad SMARTS) is 1. The van der Waals surface area contributed by atoms with Gasteiger partial charge in [0.2, 0.25) is 5.91 Å². The highest BCUT2D eigenvalue weighted by atomic mass is 35.5. The van der Waals surface area contributed by atoms with Crippen LogP contribution in [0.4, 0.5) is 0 Å². The molecule has 1 fully saturated rings. The van der Waals surface area contributed by atoms with E-state index in [0.717, 1.165) is 6.42 Å². The summed E-state index contributed by atoms with van der Waals surface area (Å²) in [5.41, 5.74) is 0.392. The fourth-order valence-corrected chi connectivity index (χ4v) is 2.62. The van der Waals surface area contributed by atoms with E-state index < -0.39 is 12.0 Å². The Bertz CT molecular complexity index is 557. The molecule has 6 nitrogen and oxygen atoms in total. The van der Waals surface area contributed by atoms with Gasteiger partial charge in [0.05, 0.1) is 24.7 Å². The number of carboxylic acids is 1. The zero-order valence-corrected chi connectivity index (χ0v) is 12.9. The first-order valence-electron chi connectivity index (χ1n) is 6.97. The van der Waals surface area contributed by atoms with E-state index in [-0.39, 0.29) is 11.8 Å². The molecule has 0 unspecified atom stereocenters. The van der Waals surface area contributed by atoms with Crippen LogP contribution in [0.15, 0.2) is 18.2 Å². The summed E-state index contributed by atoms with van der Waals surface area (Å²) >= 11 is 6.01. The second-order valence-electron chi connectivity index (χ2n) is 5.09. The van der Waals surface area contributed by atoms with E-state index in [2.05, 4.69) is 5.32 Å². The number of nitrogens with one attached hydrogen (secondary N) is 1. The Kier molecular flexibility index (Phi) is 5.63. The zero-order valence-electron chi connectivity index (χ0n) is 12.2. The van der Waals surface area contributed by atoms with Crippen LogP contribution in [0, 0.1) is 5.92 Å². The molecule has 2 rings (SSSR count). The molecule has 1 heterocycles. The first-order valence-corrected chi connectivity index (χ1v) is 7.35. The topological polar surface area (TPSA) is 84.9 Å². The molecular weight excluding hydrogens is 310 g/mol. The third kappa shape index (κ3) is 3.90. The van der Waals surface area contributed by atoms with Crippen LogP contribution in [0.2, 0.25) is 5.02 Å². The molecule has 0 aromatic heterocycles. The van der Waals surface area contributed by atoms with E-state index in [1.807, 2.05) is 0 Å². The van der Waals surface area contributed by atoms with Crippen molar-refractivity contribution in [1.82, 2.24) is 5.32 Å². The Morgan fingerprint density at radius 1 is 1.50 bits per heavy atom. The largest absolute Gasteiger partial charge is 0.495 e. The van der Waals surface area contributed by atoms with Crippen LogP contribution in [0.25, 0.3) is 0 Å². The summed E-state index contributed by atoms with van der Waals surface area (Å²) in [4.78, 5) is 23.6. The highest BCUT2D eigenvalue weighted by molar-refractivity contribution is 6.32. The van der Waals surface area contributed by atoms with Crippen LogP contribution in [0.5, 0.6) is 5.75 Å². The minimum Gasteiger partial charge on any atom is -0.495 e. The summed E-state index contributed by atoms with van der Waals surface area (Å²) in [5.74, 6) is -1.34. The average molecular weight is 328 g/mol. The Labute approximate surface area is 133 Å². The standard InChI is InChI=1S/C15H18ClNO5/c1-21-12-5-4-9(7-11(12)16)13(15(19)20)17-14(18)10-3-2-6-22-8-10/h4-5,7,10,13H,2-3,6,8H2,1H3,(H,17,18)(H,19,20)/t10-,13+/m1/s1. The van der Waals surface area contributed by atoms with Gasteiger partial charge >= 0.3 is 5.97 Å². The number of carbonyl (C=O) groups excluding carboxylic acids is 1. The smallest absolute Gasteiger partial charge is 0.330 e. The number of methoxy groups -OCH3 is 1. The summed E-state index contributed by atoms with van der Waals surface area (Å²) in [5, 5.41) is 12.2. The summed E-state index contributed by atoms with van der Waals surface area (Å²) < 4.78 is 10.3. The molecule has 1 aromatic carbocycles. The maximum atomic E-state index is 12.2. The first kappa shape index (κ1) is 16.6. The summed E-state index contributed by atoms with van der Waals surface area (Å²) in [7, 11) is 1.47. The molecule has 0 saturated carbocycles. The van der Waals surface area contributed by atoms with Crippen LogP contribution in [-0.2, 0) is 14.3 Å². The van der Waals surface area contributed by atoms with Gasteiger partial charge in [-0.3, -0.25) is 4.79 Å². The van der Waals surface area contributed by atoms with Crippen molar-refractivity contribution in [2.75, 3.05) is 20.3 Å². The molecule has 1 amide bonds. The normalized spacial score (nSPS) is 19.3. The third-order valence-corrected chi connectivity index (χ3v) is 3.87. The highest BCUT2D eigenvalue weighted by Gasteiger charge is 2.28. The highest BCUT2D eigenvalue weighted by Crippen LogP contribution is 2.28. The zero-order chi connectivity index (χ0) is 16.1. The number of aliphatic carboxylic acids is 1. The molecule has 0 spiro atoms. The second-order valence-corrected chi connectivity index (χ2v) is 5.50. The van der Waals surface area contributed by atoms with Gasteiger partial charge in [0.1, 0.15) is 5.75 Å². The van der Waals surface area contributed by atoms with Crippen LogP contribution < -0.4 is 10.1 Å². The summed E-state index contributed by atoms with van der Waals surface area (Å²) in [6.45, 7) is 0.960. The predicted octanol–water partition coefficient (Wildman–Crippen LogP) is 2.02. The Morgan fingerprint density at radius 3 is 2.82 bits per heavy atom. The average Bonchev–Trinajstić information content (AvgIpc) is 2.52. The minimum atomic E-state index is -1.15. The fourth-order valence-electron chi connectivity index (χ4n) is 2.36. The Morgan fingerprint density at radius 2 is 2.27 bits per heavy atom. The lowest BCUT2D eigenvalue weighted by Gasteiger charge is -2.23. The van der Waals surface area contributed by atoms with Crippen molar-refractivity contribution in [3.8, 4) is 5.75 Å². The lowest BCUT2D eigenvalue weighted by atomic mass is 9.99. The van der Waals surface area contributed by atoms with Gasteiger partial charge in [0.25, 0.3) is 0 Å². The number of halogens is 1. The van der Waals surface area contributed by atoms with Crippen LogP contribution >= 0.6 is 11.6 Å². The van der Waals surface area contributed by atoms with Gasteiger partial charge in [0, 0.05) is 6.61 Å². The molecule has 0 bridgehead atoms. The van der Waals surface area contributed by atoms with Crippen molar-refractivity contribution >= 4 is 23.5 Å². The van der Waals surface area contributed by atoms with Crippen molar-refractivity contribution < 1.29 is 24.2 Å². The number of hydrogen-bond donors (Lipinski definition) is 2. The molecule has 2 atom stereocenters. The molecule has 1 saturated heterocycles. The van der Waals surface area contributed by atoms with Crippen LogP contribution in [0.3, 0.4) is 0 Å². The molecule has 120 valence electrons. The van der Waals surface area contributed by atoms with E-state index in [1.54, 1.807) is 12.1 Å². The van der Waals surface area contributed by atoms with Crippen molar-refractivity contribution in [2.45, 2.75) is 18.9 Å².